The third-order valence-corrected chi connectivity index (χ3v) is 2.37. The smallest absolute Gasteiger partial charge is 0.337 e. The summed E-state index contributed by atoms with van der Waals surface area (Å²) in [5, 5.41) is 0. The van der Waals surface area contributed by atoms with E-state index in [1.807, 2.05) is 0 Å². The first kappa shape index (κ1) is 13.2. The standard InChI is InChI=1S/C12H15NO4/c1-16-11(14)7-10(13)8-3-5-9(6-4-8)12(15)17-2/h3-6,10H,7,13H2,1-2H3/t10-/m1/s1. The number of carbonyl (C=O) groups is 2. The molecule has 1 aromatic carbocycles. The molecular formula is C12H15NO4. The van der Waals surface area contributed by atoms with Crippen LogP contribution < -0.4 is 5.73 Å². The van der Waals surface area contributed by atoms with Crippen molar-refractivity contribution >= 4 is 11.9 Å². The van der Waals surface area contributed by atoms with E-state index in [2.05, 4.69) is 9.47 Å². The van der Waals surface area contributed by atoms with E-state index in [4.69, 9.17) is 5.73 Å². The Labute approximate surface area is 99.5 Å². The van der Waals surface area contributed by atoms with Crippen molar-refractivity contribution in [3.8, 4) is 0 Å². The molecular weight excluding hydrogens is 222 g/mol. The molecule has 2 N–H and O–H groups in total. The Bertz CT molecular complexity index is 399. The Morgan fingerprint density at radius 3 is 2.24 bits per heavy atom. The maximum Gasteiger partial charge on any atom is 0.337 e. The van der Waals surface area contributed by atoms with Crippen molar-refractivity contribution in [3.63, 3.8) is 0 Å². The SMILES string of the molecule is COC(=O)C[C@@H](N)c1ccc(C(=O)OC)cc1. The molecule has 0 saturated heterocycles. The lowest BCUT2D eigenvalue weighted by molar-refractivity contribution is -0.141. The van der Waals surface area contributed by atoms with Gasteiger partial charge in [-0.3, -0.25) is 4.79 Å². The van der Waals surface area contributed by atoms with Gasteiger partial charge in [-0.05, 0) is 17.7 Å². The molecule has 1 rings (SSSR count). The summed E-state index contributed by atoms with van der Waals surface area (Å²) in [7, 11) is 2.63. The number of benzene rings is 1. The topological polar surface area (TPSA) is 78.6 Å². The lowest BCUT2D eigenvalue weighted by Gasteiger charge is -2.10. The fourth-order valence-corrected chi connectivity index (χ4v) is 1.36. The van der Waals surface area contributed by atoms with Gasteiger partial charge in [0, 0.05) is 6.04 Å². The van der Waals surface area contributed by atoms with Gasteiger partial charge >= 0.3 is 11.9 Å². The molecule has 0 saturated carbocycles. The highest BCUT2D eigenvalue weighted by atomic mass is 16.5. The van der Waals surface area contributed by atoms with Crippen molar-refractivity contribution in [2.75, 3.05) is 14.2 Å². The van der Waals surface area contributed by atoms with Crippen LogP contribution in [0.4, 0.5) is 0 Å². The van der Waals surface area contributed by atoms with Crippen molar-refractivity contribution in [2.45, 2.75) is 12.5 Å². The second-order valence-electron chi connectivity index (χ2n) is 3.50. The van der Waals surface area contributed by atoms with E-state index in [1.165, 1.54) is 14.2 Å². The Kier molecular flexibility index (Phi) is 4.66. The number of hydrogen-bond donors (Lipinski definition) is 1. The van der Waals surface area contributed by atoms with Crippen LogP contribution in [0.25, 0.3) is 0 Å². The summed E-state index contributed by atoms with van der Waals surface area (Å²) in [6.07, 6.45) is 0.105. The fourth-order valence-electron chi connectivity index (χ4n) is 1.36. The average Bonchev–Trinajstić information content (AvgIpc) is 2.37. The fraction of sp³-hybridized carbons (Fsp3) is 0.333. The summed E-state index contributed by atoms with van der Waals surface area (Å²) in [5.74, 6) is -0.771. The van der Waals surface area contributed by atoms with Crippen LogP contribution in [0.2, 0.25) is 0 Å². The first-order valence-corrected chi connectivity index (χ1v) is 5.09. The van der Waals surface area contributed by atoms with Crippen LogP contribution in [0.15, 0.2) is 24.3 Å². The number of rotatable bonds is 4. The summed E-state index contributed by atoms with van der Waals surface area (Å²) >= 11 is 0. The van der Waals surface area contributed by atoms with E-state index in [-0.39, 0.29) is 12.4 Å². The lowest BCUT2D eigenvalue weighted by atomic mass is 10.0. The van der Waals surface area contributed by atoms with Crippen LogP contribution in [-0.4, -0.2) is 26.2 Å². The molecule has 0 fully saturated rings. The van der Waals surface area contributed by atoms with E-state index < -0.39 is 12.0 Å². The summed E-state index contributed by atoms with van der Waals surface area (Å²) in [6, 6.07) is 6.17. The number of methoxy groups -OCH3 is 2. The van der Waals surface area contributed by atoms with Crippen LogP contribution in [-0.2, 0) is 14.3 Å². The van der Waals surface area contributed by atoms with Crippen LogP contribution >= 0.6 is 0 Å². The van der Waals surface area contributed by atoms with E-state index >= 15 is 0 Å². The number of carbonyl (C=O) groups excluding carboxylic acids is 2. The molecule has 5 heteroatoms. The Morgan fingerprint density at radius 2 is 1.76 bits per heavy atom. The molecule has 0 aromatic heterocycles. The third-order valence-electron chi connectivity index (χ3n) is 2.37. The second kappa shape index (κ2) is 6.00. The van der Waals surface area contributed by atoms with Crippen molar-refractivity contribution in [3.05, 3.63) is 35.4 Å². The first-order valence-electron chi connectivity index (χ1n) is 5.09. The van der Waals surface area contributed by atoms with E-state index in [1.54, 1.807) is 24.3 Å². The first-order chi connectivity index (χ1) is 8.08. The van der Waals surface area contributed by atoms with Crippen LogP contribution in [0, 0.1) is 0 Å². The van der Waals surface area contributed by atoms with Crippen molar-refractivity contribution < 1.29 is 19.1 Å². The summed E-state index contributed by atoms with van der Waals surface area (Å²) < 4.78 is 9.10. The molecule has 0 aliphatic carbocycles. The van der Waals surface area contributed by atoms with E-state index in [9.17, 15) is 9.59 Å². The maximum absolute atomic E-state index is 11.2. The van der Waals surface area contributed by atoms with Crippen molar-refractivity contribution in [1.82, 2.24) is 0 Å². The highest BCUT2D eigenvalue weighted by molar-refractivity contribution is 5.89. The van der Waals surface area contributed by atoms with Crippen LogP contribution in [0.5, 0.6) is 0 Å². The highest BCUT2D eigenvalue weighted by Crippen LogP contribution is 2.15. The van der Waals surface area contributed by atoms with Gasteiger partial charge in [0.1, 0.15) is 0 Å². The van der Waals surface area contributed by atoms with Gasteiger partial charge in [0.15, 0.2) is 0 Å². The zero-order chi connectivity index (χ0) is 12.8. The molecule has 0 radical (unpaired) electrons. The zero-order valence-corrected chi connectivity index (χ0v) is 9.80. The van der Waals surface area contributed by atoms with Gasteiger partial charge in [0.25, 0.3) is 0 Å². The molecule has 0 aliphatic rings. The van der Waals surface area contributed by atoms with Gasteiger partial charge in [-0.2, -0.15) is 0 Å². The number of nitrogens with two attached hydrogens (primary N) is 1. The molecule has 1 atom stereocenters. The van der Waals surface area contributed by atoms with Gasteiger partial charge in [-0.25, -0.2) is 4.79 Å². The van der Waals surface area contributed by atoms with Gasteiger partial charge < -0.3 is 15.2 Å². The predicted octanol–water partition coefficient (Wildman–Crippen LogP) is 1.04. The molecule has 0 unspecified atom stereocenters. The van der Waals surface area contributed by atoms with E-state index in [0.717, 1.165) is 5.56 Å². The molecule has 1 aromatic rings. The largest absolute Gasteiger partial charge is 0.469 e. The molecule has 0 spiro atoms. The minimum absolute atomic E-state index is 0.105. The summed E-state index contributed by atoms with van der Waals surface area (Å²) in [4.78, 5) is 22.2. The Morgan fingerprint density at radius 1 is 1.18 bits per heavy atom. The van der Waals surface area contributed by atoms with Crippen LogP contribution in [0.3, 0.4) is 0 Å². The molecule has 0 heterocycles. The van der Waals surface area contributed by atoms with Crippen LogP contribution in [0.1, 0.15) is 28.4 Å². The minimum atomic E-state index is -0.436. The molecule has 0 bridgehead atoms. The number of hydrogen-bond acceptors (Lipinski definition) is 5. The Balaban J connectivity index is 2.73. The quantitative estimate of drug-likeness (QED) is 0.791. The normalized spacial score (nSPS) is 11.7. The maximum atomic E-state index is 11.2. The molecule has 5 nitrogen and oxygen atoms in total. The molecule has 17 heavy (non-hydrogen) atoms. The second-order valence-corrected chi connectivity index (χ2v) is 3.50. The zero-order valence-electron chi connectivity index (χ0n) is 9.80. The monoisotopic (exact) mass is 237 g/mol. The molecule has 0 amide bonds. The van der Waals surface area contributed by atoms with Gasteiger partial charge in [-0.1, -0.05) is 12.1 Å². The van der Waals surface area contributed by atoms with E-state index in [0.29, 0.717) is 5.56 Å². The van der Waals surface area contributed by atoms with Gasteiger partial charge in [0.05, 0.1) is 26.2 Å². The molecule has 92 valence electrons. The minimum Gasteiger partial charge on any atom is -0.469 e. The summed E-state index contributed by atoms with van der Waals surface area (Å²) in [5.41, 5.74) is 7.03. The average molecular weight is 237 g/mol. The Hall–Kier alpha value is -1.88. The van der Waals surface area contributed by atoms with Crippen molar-refractivity contribution in [1.29, 1.82) is 0 Å². The summed E-state index contributed by atoms with van der Waals surface area (Å²) in [6.45, 7) is 0. The van der Waals surface area contributed by atoms with Gasteiger partial charge in [0.2, 0.25) is 0 Å². The number of ether oxygens (including phenoxy) is 2. The predicted molar refractivity (Wildman–Crippen MR) is 61.3 cm³/mol. The van der Waals surface area contributed by atoms with Gasteiger partial charge in [-0.15, -0.1) is 0 Å². The molecule has 0 aliphatic heterocycles. The lowest BCUT2D eigenvalue weighted by Crippen LogP contribution is -2.16. The highest BCUT2D eigenvalue weighted by Gasteiger charge is 2.12. The third kappa shape index (κ3) is 3.57. The number of esters is 2. The van der Waals surface area contributed by atoms with Crippen molar-refractivity contribution in [2.24, 2.45) is 5.73 Å².